The monoisotopic (exact) mass is 396 g/mol. The smallest absolute Gasteiger partial charge is 0.266 e. The lowest BCUT2D eigenvalue weighted by Crippen LogP contribution is -2.20. The number of Topliss-reactive ketones (excluding diaryl/α,β-unsaturated/α-hetero) is 1. The van der Waals surface area contributed by atoms with Crippen molar-refractivity contribution in [2.75, 3.05) is 7.11 Å². The zero-order valence-corrected chi connectivity index (χ0v) is 17.5. The van der Waals surface area contributed by atoms with E-state index in [0.29, 0.717) is 26.5 Å². The average molecular weight is 397 g/mol. The van der Waals surface area contributed by atoms with Crippen LogP contribution < -0.4 is 19.5 Å². The minimum absolute atomic E-state index is 0.162. The minimum atomic E-state index is -0.187. The van der Waals surface area contributed by atoms with Crippen molar-refractivity contribution in [2.24, 2.45) is 0 Å². The molecule has 3 aromatic rings. The van der Waals surface area contributed by atoms with Crippen LogP contribution in [0, 0.1) is 13.8 Å². The van der Waals surface area contributed by atoms with Crippen LogP contribution in [0.5, 0.6) is 5.75 Å². The third-order valence-corrected chi connectivity index (χ3v) is 5.61. The number of hydrogen-bond acceptors (Lipinski definition) is 4. The molecular weight excluding hydrogens is 372 g/mol. The van der Waals surface area contributed by atoms with Crippen LogP contribution in [0.25, 0.3) is 12.2 Å². The number of nitrogens with one attached hydrogen (secondary N) is 1. The Bertz CT molecular complexity index is 1180. The van der Waals surface area contributed by atoms with Crippen LogP contribution in [-0.4, -0.2) is 22.4 Å². The van der Waals surface area contributed by atoms with Crippen molar-refractivity contribution >= 4 is 29.3 Å². The number of ketones is 1. The van der Waals surface area contributed by atoms with Crippen molar-refractivity contribution in [1.29, 1.82) is 0 Å². The first kappa shape index (κ1) is 19.9. The van der Waals surface area contributed by atoms with Gasteiger partial charge in [0.25, 0.3) is 5.56 Å². The van der Waals surface area contributed by atoms with Crippen molar-refractivity contribution in [3.8, 4) is 5.75 Å². The van der Waals surface area contributed by atoms with Crippen LogP contribution in [0.4, 0.5) is 0 Å². The lowest BCUT2D eigenvalue weighted by atomic mass is 10.1. The van der Waals surface area contributed by atoms with Crippen molar-refractivity contribution in [3.05, 3.63) is 72.4 Å². The van der Waals surface area contributed by atoms with Gasteiger partial charge in [-0.3, -0.25) is 9.59 Å². The molecule has 0 amide bonds. The summed E-state index contributed by atoms with van der Waals surface area (Å²) in [5.41, 5.74) is 3.66. The number of carbonyl (C=O) groups is 1. The van der Waals surface area contributed by atoms with Gasteiger partial charge in [0.05, 0.1) is 16.3 Å². The third-order valence-electron chi connectivity index (χ3n) is 4.64. The number of hydrogen-bond donors (Lipinski definition) is 1. The highest BCUT2D eigenvalue weighted by Gasteiger charge is 2.10. The first-order valence-electron chi connectivity index (χ1n) is 9.09. The van der Waals surface area contributed by atoms with E-state index in [1.165, 1.54) is 17.4 Å². The van der Waals surface area contributed by atoms with Crippen molar-refractivity contribution in [1.82, 2.24) is 9.55 Å². The SMILES string of the molecule is COc1ccc(C(=O)/C=c2\[nH]c(=O)/c(=C\c3cc(C)n(C(C)C)c3C)s2)cc1. The van der Waals surface area contributed by atoms with Gasteiger partial charge >= 0.3 is 0 Å². The van der Waals surface area contributed by atoms with Gasteiger partial charge in [-0.05, 0) is 69.7 Å². The number of aryl methyl sites for hydroxylation is 1. The van der Waals surface area contributed by atoms with Gasteiger partial charge in [0.1, 0.15) is 5.75 Å². The van der Waals surface area contributed by atoms with E-state index in [0.717, 1.165) is 17.0 Å². The molecule has 0 aliphatic heterocycles. The van der Waals surface area contributed by atoms with Crippen molar-refractivity contribution in [2.45, 2.75) is 33.7 Å². The molecule has 0 bridgehead atoms. The molecule has 5 nitrogen and oxygen atoms in total. The van der Waals surface area contributed by atoms with Crippen LogP contribution >= 0.6 is 11.3 Å². The number of aromatic nitrogens is 2. The molecule has 0 atom stereocenters. The van der Waals surface area contributed by atoms with Crippen LogP contribution in [0.3, 0.4) is 0 Å². The Balaban J connectivity index is 1.98. The largest absolute Gasteiger partial charge is 0.497 e. The maximum absolute atomic E-state index is 12.4. The number of rotatable bonds is 5. The summed E-state index contributed by atoms with van der Waals surface area (Å²) < 4.78 is 8.47. The van der Waals surface area contributed by atoms with E-state index in [4.69, 9.17) is 4.74 Å². The van der Waals surface area contributed by atoms with Gasteiger partial charge in [-0.2, -0.15) is 0 Å². The Morgan fingerprint density at radius 3 is 2.46 bits per heavy atom. The molecule has 0 saturated carbocycles. The molecule has 0 radical (unpaired) electrons. The molecule has 1 aromatic carbocycles. The summed E-state index contributed by atoms with van der Waals surface area (Å²) in [7, 11) is 1.58. The summed E-state index contributed by atoms with van der Waals surface area (Å²) in [6.45, 7) is 8.40. The average Bonchev–Trinajstić information content (AvgIpc) is 3.13. The molecule has 0 aliphatic rings. The molecule has 6 heteroatoms. The highest BCUT2D eigenvalue weighted by molar-refractivity contribution is 7.07. The summed E-state index contributed by atoms with van der Waals surface area (Å²) in [6, 6.07) is 9.33. The fraction of sp³-hybridized carbons (Fsp3) is 0.273. The summed E-state index contributed by atoms with van der Waals surface area (Å²) in [5, 5.41) is 0. The first-order valence-corrected chi connectivity index (χ1v) is 9.91. The second-order valence-electron chi connectivity index (χ2n) is 6.96. The van der Waals surface area contributed by atoms with Gasteiger partial charge in [-0.15, -0.1) is 11.3 Å². The van der Waals surface area contributed by atoms with Crippen molar-refractivity contribution < 1.29 is 9.53 Å². The summed E-state index contributed by atoms with van der Waals surface area (Å²) in [6.07, 6.45) is 3.35. The van der Waals surface area contributed by atoms with Crippen molar-refractivity contribution in [3.63, 3.8) is 0 Å². The number of ether oxygens (including phenoxy) is 1. The normalized spacial score (nSPS) is 12.8. The second-order valence-corrected chi connectivity index (χ2v) is 8.04. The molecule has 1 N–H and O–H groups in total. The molecule has 0 unspecified atom stereocenters. The van der Waals surface area contributed by atoms with Crippen LogP contribution in [0.2, 0.25) is 0 Å². The Labute approximate surface area is 167 Å². The number of methoxy groups -OCH3 is 1. The fourth-order valence-corrected chi connectivity index (χ4v) is 4.24. The van der Waals surface area contributed by atoms with Crippen LogP contribution in [0.1, 0.15) is 47.2 Å². The van der Waals surface area contributed by atoms with Gasteiger partial charge in [0, 0.05) is 29.1 Å². The quantitative estimate of drug-likeness (QED) is 0.675. The third kappa shape index (κ3) is 4.02. The molecule has 0 aliphatic carbocycles. The summed E-state index contributed by atoms with van der Waals surface area (Å²) in [4.78, 5) is 27.6. The Morgan fingerprint density at radius 1 is 1.21 bits per heavy atom. The van der Waals surface area contributed by atoms with E-state index >= 15 is 0 Å². The lowest BCUT2D eigenvalue weighted by molar-refractivity contribution is 0.106. The highest BCUT2D eigenvalue weighted by atomic mass is 32.1. The zero-order valence-electron chi connectivity index (χ0n) is 16.7. The highest BCUT2D eigenvalue weighted by Crippen LogP contribution is 2.20. The molecular formula is C22H24N2O3S. The molecule has 2 heterocycles. The zero-order chi connectivity index (χ0) is 20.4. The lowest BCUT2D eigenvalue weighted by Gasteiger charge is -2.13. The number of thiazole rings is 1. The molecule has 146 valence electrons. The van der Waals surface area contributed by atoms with Gasteiger partial charge in [0.2, 0.25) is 0 Å². The Kier molecular flexibility index (Phi) is 5.70. The van der Waals surface area contributed by atoms with Crippen LogP contribution in [0.15, 0.2) is 35.1 Å². The molecule has 2 aromatic heterocycles. The van der Waals surface area contributed by atoms with Gasteiger partial charge in [-0.25, -0.2) is 0 Å². The van der Waals surface area contributed by atoms with E-state index in [1.54, 1.807) is 31.4 Å². The molecule has 0 saturated heterocycles. The maximum atomic E-state index is 12.4. The number of H-pyrrole nitrogens is 1. The second kappa shape index (κ2) is 8.02. The number of nitrogens with zero attached hydrogens (tertiary/aromatic N) is 1. The number of benzene rings is 1. The predicted octanol–water partition coefficient (Wildman–Crippen LogP) is 2.94. The van der Waals surface area contributed by atoms with Gasteiger partial charge in [0.15, 0.2) is 5.78 Å². The minimum Gasteiger partial charge on any atom is -0.497 e. The number of aromatic amines is 1. The van der Waals surface area contributed by atoms with E-state index in [-0.39, 0.29) is 11.3 Å². The summed E-state index contributed by atoms with van der Waals surface area (Å²) >= 11 is 1.28. The topological polar surface area (TPSA) is 64.1 Å². The van der Waals surface area contributed by atoms with E-state index in [9.17, 15) is 9.59 Å². The molecule has 0 spiro atoms. The molecule has 28 heavy (non-hydrogen) atoms. The Hall–Kier alpha value is -2.86. The standard InChI is InChI=1S/C22H24N2O3S/c1-13(2)24-14(3)10-17(15(24)4)11-20-22(26)23-21(28-20)12-19(25)16-6-8-18(27-5)9-7-16/h6-13H,1-5H3,(H,23,26)/b20-11+,21-12+. The van der Waals surface area contributed by atoms with E-state index in [1.807, 2.05) is 6.08 Å². The predicted molar refractivity (Wildman–Crippen MR) is 114 cm³/mol. The van der Waals surface area contributed by atoms with Crippen LogP contribution in [-0.2, 0) is 0 Å². The fourth-order valence-electron chi connectivity index (χ4n) is 3.37. The Morgan fingerprint density at radius 2 is 1.89 bits per heavy atom. The van der Waals surface area contributed by atoms with E-state index < -0.39 is 0 Å². The first-order chi connectivity index (χ1) is 13.3. The van der Waals surface area contributed by atoms with Gasteiger partial charge in [-0.1, -0.05) is 0 Å². The summed E-state index contributed by atoms with van der Waals surface area (Å²) in [5.74, 6) is 0.529. The van der Waals surface area contributed by atoms with E-state index in [2.05, 4.69) is 43.3 Å². The van der Waals surface area contributed by atoms with Gasteiger partial charge < -0.3 is 14.3 Å². The maximum Gasteiger partial charge on any atom is 0.266 e. The molecule has 3 rings (SSSR count). The molecule has 0 fully saturated rings. The number of carbonyl (C=O) groups excluding carboxylic acids is 1.